The van der Waals surface area contributed by atoms with E-state index >= 15 is 0 Å². The molecule has 0 aliphatic carbocycles. The summed E-state index contributed by atoms with van der Waals surface area (Å²) in [6.45, 7) is 2.63. The molecule has 1 saturated heterocycles. The van der Waals surface area contributed by atoms with Crippen molar-refractivity contribution in [1.29, 1.82) is 0 Å². The second-order valence-corrected chi connectivity index (χ2v) is 9.59. The summed E-state index contributed by atoms with van der Waals surface area (Å²) in [7, 11) is -3.78. The van der Waals surface area contributed by atoms with Crippen LogP contribution in [0.2, 0.25) is 0 Å². The van der Waals surface area contributed by atoms with Crippen LogP contribution >= 0.6 is 0 Å². The van der Waals surface area contributed by atoms with Crippen LogP contribution in [0, 0.1) is 5.92 Å². The van der Waals surface area contributed by atoms with Gasteiger partial charge in [-0.1, -0.05) is 36.4 Å². The minimum atomic E-state index is -3.78. The van der Waals surface area contributed by atoms with Crippen molar-refractivity contribution in [2.75, 3.05) is 19.7 Å². The summed E-state index contributed by atoms with van der Waals surface area (Å²) in [6.07, 6.45) is 2.30. The minimum absolute atomic E-state index is 0.0960. The van der Waals surface area contributed by atoms with Crippen LogP contribution < -0.4 is 10.1 Å². The van der Waals surface area contributed by atoms with E-state index in [1.54, 1.807) is 24.3 Å². The third-order valence-electron chi connectivity index (χ3n) is 5.68. The van der Waals surface area contributed by atoms with E-state index in [0.29, 0.717) is 34.6 Å². The number of rotatable bonds is 5. The van der Waals surface area contributed by atoms with Crippen LogP contribution in [0.5, 0.6) is 5.75 Å². The molecule has 2 N–H and O–H groups in total. The van der Waals surface area contributed by atoms with Gasteiger partial charge in [0.05, 0.1) is 17.0 Å². The summed E-state index contributed by atoms with van der Waals surface area (Å²) < 4.78 is 33.0. The Morgan fingerprint density at radius 3 is 2.77 bits per heavy atom. The van der Waals surface area contributed by atoms with Crippen LogP contribution in [0.3, 0.4) is 0 Å². The molecule has 1 aliphatic rings. The molecule has 4 aromatic rings. The molecule has 1 fully saturated rings. The summed E-state index contributed by atoms with van der Waals surface area (Å²) >= 11 is 0. The number of piperidine rings is 1. The lowest BCUT2D eigenvalue weighted by Gasteiger charge is -2.22. The summed E-state index contributed by atoms with van der Waals surface area (Å²) in [5.74, 6) is 1.13. The smallest absolute Gasteiger partial charge is 0.224 e. The average Bonchev–Trinajstić information content (AvgIpc) is 3.22. The minimum Gasteiger partial charge on any atom is -0.493 e. The molecule has 6 nitrogen and oxygen atoms in total. The molecule has 0 amide bonds. The van der Waals surface area contributed by atoms with Crippen LogP contribution in [0.4, 0.5) is 0 Å². The Kier molecular flexibility index (Phi) is 4.92. The zero-order valence-corrected chi connectivity index (χ0v) is 17.3. The Balaban J connectivity index is 1.51. The lowest BCUT2D eigenvalue weighted by Crippen LogP contribution is -2.33. The van der Waals surface area contributed by atoms with Gasteiger partial charge in [0.1, 0.15) is 5.75 Å². The molecule has 0 saturated carbocycles. The molecule has 2 heterocycles. The lowest BCUT2D eigenvalue weighted by atomic mass is 10.0. The van der Waals surface area contributed by atoms with Gasteiger partial charge in [-0.15, -0.1) is 0 Å². The van der Waals surface area contributed by atoms with Gasteiger partial charge in [0.25, 0.3) is 0 Å². The predicted octanol–water partition coefficient (Wildman–Crippen LogP) is 3.93. The second kappa shape index (κ2) is 7.74. The van der Waals surface area contributed by atoms with Crippen molar-refractivity contribution < 1.29 is 13.2 Å². The van der Waals surface area contributed by atoms with E-state index in [1.165, 1.54) is 0 Å². The Hall–Kier alpha value is -2.90. The topological polar surface area (TPSA) is 84.1 Å². The number of H-pyrrole nitrogens is 1. The maximum absolute atomic E-state index is 13.5. The molecule has 0 spiro atoms. The van der Waals surface area contributed by atoms with E-state index < -0.39 is 9.84 Å². The highest BCUT2D eigenvalue weighted by molar-refractivity contribution is 7.91. The van der Waals surface area contributed by atoms with Crippen LogP contribution in [0.15, 0.2) is 70.6 Å². The number of hydrogen-bond acceptors (Lipinski definition) is 5. The van der Waals surface area contributed by atoms with E-state index in [2.05, 4.69) is 15.5 Å². The summed E-state index contributed by atoms with van der Waals surface area (Å²) in [5, 5.41) is 12.6. The first-order valence-corrected chi connectivity index (χ1v) is 11.7. The fraction of sp³-hybridized carbons (Fsp3) is 0.261. The van der Waals surface area contributed by atoms with Crippen LogP contribution in [0.1, 0.15) is 12.8 Å². The monoisotopic (exact) mass is 421 g/mol. The number of hydrogen-bond donors (Lipinski definition) is 2. The van der Waals surface area contributed by atoms with Gasteiger partial charge in [-0.2, -0.15) is 5.10 Å². The number of aromatic nitrogens is 2. The Morgan fingerprint density at radius 1 is 1.03 bits per heavy atom. The van der Waals surface area contributed by atoms with Gasteiger partial charge in [0.2, 0.25) is 9.84 Å². The SMILES string of the molecule is O=S(=O)(c1cccc2ccccc12)c1[nH]nc2ccc(OCC3CCCNC3)cc12. The van der Waals surface area contributed by atoms with Crippen LogP contribution in [-0.4, -0.2) is 38.3 Å². The van der Waals surface area contributed by atoms with E-state index in [1.807, 2.05) is 36.4 Å². The van der Waals surface area contributed by atoms with Crippen LogP contribution in [0.25, 0.3) is 21.7 Å². The van der Waals surface area contributed by atoms with E-state index in [0.717, 1.165) is 31.3 Å². The fourth-order valence-electron chi connectivity index (χ4n) is 4.08. The highest BCUT2D eigenvalue weighted by atomic mass is 32.2. The number of nitrogens with zero attached hydrogens (tertiary/aromatic N) is 1. The number of benzene rings is 3. The van der Waals surface area contributed by atoms with Gasteiger partial charge in [-0.25, -0.2) is 8.42 Å². The normalized spacial score (nSPS) is 17.4. The van der Waals surface area contributed by atoms with Gasteiger partial charge in [0.15, 0.2) is 5.03 Å². The lowest BCUT2D eigenvalue weighted by molar-refractivity contribution is 0.218. The first-order valence-electron chi connectivity index (χ1n) is 10.2. The molecule has 154 valence electrons. The average molecular weight is 422 g/mol. The van der Waals surface area contributed by atoms with E-state index in [9.17, 15) is 8.42 Å². The molecule has 1 unspecified atom stereocenters. The first kappa shape index (κ1) is 19.1. The van der Waals surface area contributed by atoms with Crippen molar-refractivity contribution in [2.45, 2.75) is 22.8 Å². The molecule has 1 aliphatic heterocycles. The Morgan fingerprint density at radius 2 is 1.90 bits per heavy atom. The standard InChI is InChI=1S/C23H23N3O3S/c27-30(28,22-9-3-7-17-6-1-2-8-19(17)22)23-20-13-18(10-11-21(20)25-26-23)29-15-16-5-4-12-24-14-16/h1-3,6-11,13,16,24H,4-5,12,14-15H2,(H,25,26). The second-order valence-electron chi connectivity index (χ2n) is 7.74. The number of nitrogens with one attached hydrogen (secondary N) is 2. The molecule has 5 rings (SSSR count). The number of aromatic amines is 1. The third kappa shape index (κ3) is 3.44. The Bertz CT molecular complexity index is 1300. The predicted molar refractivity (Wildman–Crippen MR) is 117 cm³/mol. The molecule has 1 atom stereocenters. The molecule has 1 aromatic heterocycles. The van der Waals surface area contributed by atoms with E-state index in [-0.39, 0.29) is 9.92 Å². The summed E-state index contributed by atoms with van der Waals surface area (Å²) in [5.41, 5.74) is 0.598. The molecular formula is C23H23N3O3S. The maximum Gasteiger partial charge on any atom is 0.224 e. The molecular weight excluding hydrogens is 398 g/mol. The zero-order chi connectivity index (χ0) is 20.6. The molecule has 0 radical (unpaired) electrons. The van der Waals surface area contributed by atoms with Crippen molar-refractivity contribution in [1.82, 2.24) is 15.5 Å². The first-order chi connectivity index (χ1) is 14.6. The van der Waals surface area contributed by atoms with Gasteiger partial charge >= 0.3 is 0 Å². The molecule has 3 aromatic carbocycles. The largest absolute Gasteiger partial charge is 0.493 e. The zero-order valence-electron chi connectivity index (χ0n) is 16.5. The molecule has 7 heteroatoms. The van der Waals surface area contributed by atoms with Gasteiger partial charge in [0, 0.05) is 23.2 Å². The highest BCUT2D eigenvalue weighted by Crippen LogP contribution is 2.32. The molecule has 0 bridgehead atoms. The number of ether oxygens (including phenoxy) is 1. The van der Waals surface area contributed by atoms with Crippen molar-refractivity contribution in [2.24, 2.45) is 5.92 Å². The fourth-order valence-corrected chi connectivity index (χ4v) is 5.65. The third-order valence-corrected chi connectivity index (χ3v) is 7.47. The van der Waals surface area contributed by atoms with Gasteiger partial charge in [-0.3, -0.25) is 5.10 Å². The Labute approximate surface area is 175 Å². The van der Waals surface area contributed by atoms with Crippen molar-refractivity contribution >= 4 is 31.5 Å². The van der Waals surface area contributed by atoms with E-state index in [4.69, 9.17) is 4.74 Å². The van der Waals surface area contributed by atoms with Gasteiger partial charge in [-0.05, 0) is 49.0 Å². The summed E-state index contributed by atoms with van der Waals surface area (Å²) in [6, 6.07) is 18.2. The quantitative estimate of drug-likeness (QED) is 0.510. The van der Waals surface area contributed by atoms with Crippen LogP contribution in [-0.2, 0) is 9.84 Å². The highest BCUT2D eigenvalue weighted by Gasteiger charge is 2.25. The maximum atomic E-state index is 13.5. The molecule has 30 heavy (non-hydrogen) atoms. The van der Waals surface area contributed by atoms with Crippen molar-refractivity contribution in [3.63, 3.8) is 0 Å². The summed E-state index contributed by atoms with van der Waals surface area (Å²) in [4.78, 5) is 0.269. The van der Waals surface area contributed by atoms with Crippen molar-refractivity contribution in [3.8, 4) is 5.75 Å². The van der Waals surface area contributed by atoms with Crippen molar-refractivity contribution in [3.05, 3.63) is 60.7 Å². The number of sulfone groups is 1. The van der Waals surface area contributed by atoms with Gasteiger partial charge < -0.3 is 10.1 Å². The number of fused-ring (bicyclic) bond motifs is 2.